The summed E-state index contributed by atoms with van der Waals surface area (Å²) in [5, 5.41) is 5.54. The number of amides is 4. The molecular weight excluding hydrogens is 554 g/mol. The molecule has 254 valence electrons. The maximum absolute atomic E-state index is 13.2. The van der Waals surface area contributed by atoms with Gasteiger partial charge in [-0.05, 0) is 84.2 Å². The maximum atomic E-state index is 13.2. The first-order valence-corrected chi connectivity index (χ1v) is 17.3. The Morgan fingerprint density at radius 3 is 1.91 bits per heavy atom. The van der Waals surface area contributed by atoms with E-state index in [0.717, 1.165) is 44.1 Å². The van der Waals surface area contributed by atoms with Gasteiger partial charge >= 0.3 is 0 Å². The minimum absolute atomic E-state index is 0.0433. The zero-order chi connectivity index (χ0) is 33.2. The molecule has 0 aromatic heterocycles. The van der Waals surface area contributed by atoms with Crippen LogP contribution < -0.4 is 10.6 Å². The summed E-state index contributed by atoms with van der Waals surface area (Å²) >= 11 is 0. The van der Waals surface area contributed by atoms with Gasteiger partial charge in [0.15, 0.2) is 0 Å². The SMILES string of the molecule is C/C(=C\[C@H](C(C)C)N(C)C(=O)CNC=O)C(=O)N1CCC[C@H]1C(=O)NC1CCCCC1.CC(C)C.CC(C)N1CCCCC1. The van der Waals surface area contributed by atoms with Crippen LogP contribution >= 0.6 is 0 Å². The molecule has 0 aromatic rings. The first-order chi connectivity index (χ1) is 20.8. The standard InChI is InChI=1S/C23H38N4O4.C8H17N.C4H10/c1-16(2)20(26(4)21(29)14-24-15-28)13-17(3)23(31)27-12-8-11-19(27)22(30)25-18-9-6-5-7-10-18;1-8(2)9-6-4-3-5-7-9;1-4(2)3/h13,15-16,18-20H,5-12,14H2,1-4H3,(H,24,28)(H,25,30);8H,3-7H2,1-2H3;4H,1-3H3/b17-13+;;/t19-,20+;;/m0../s1. The number of nitrogens with one attached hydrogen (secondary N) is 2. The van der Waals surface area contributed by atoms with E-state index < -0.39 is 6.04 Å². The second kappa shape index (κ2) is 21.3. The molecule has 0 spiro atoms. The van der Waals surface area contributed by atoms with E-state index in [0.29, 0.717) is 24.9 Å². The smallest absolute Gasteiger partial charge is 0.249 e. The molecule has 1 saturated carbocycles. The monoisotopic (exact) mass is 620 g/mol. The summed E-state index contributed by atoms with van der Waals surface area (Å²) in [5.74, 6) is 0.488. The molecule has 2 N–H and O–H groups in total. The Hall–Kier alpha value is -2.42. The normalized spacial score (nSPS) is 20.3. The van der Waals surface area contributed by atoms with E-state index in [1.807, 2.05) is 13.8 Å². The number of rotatable bonds is 10. The highest BCUT2D eigenvalue weighted by Gasteiger charge is 2.36. The summed E-state index contributed by atoms with van der Waals surface area (Å²) in [6.07, 6.45) is 13.6. The summed E-state index contributed by atoms with van der Waals surface area (Å²) in [4.78, 5) is 54.6. The van der Waals surface area contributed by atoms with Crippen molar-refractivity contribution in [2.75, 3.05) is 33.2 Å². The quantitative estimate of drug-likeness (QED) is 0.260. The van der Waals surface area contributed by atoms with E-state index >= 15 is 0 Å². The Morgan fingerprint density at radius 2 is 1.41 bits per heavy atom. The molecule has 0 radical (unpaired) electrons. The summed E-state index contributed by atoms with van der Waals surface area (Å²) in [6.45, 7) is 19.9. The number of carbonyl (C=O) groups excluding carboxylic acids is 4. The van der Waals surface area contributed by atoms with Crippen molar-refractivity contribution >= 4 is 24.1 Å². The van der Waals surface area contributed by atoms with Crippen LogP contribution in [0, 0.1) is 11.8 Å². The van der Waals surface area contributed by atoms with Gasteiger partial charge in [-0.15, -0.1) is 0 Å². The number of hydrogen-bond donors (Lipinski definition) is 2. The van der Waals surface area contributed by atoms with E-state index in [-0.39, 0.29) is 42.3 Å². The topological polar surface area (TPSA) is 102 Å². The van der Waals surface area contributed by atoms with E-state index in [2.05, 4.69) is 50.2 Å². The van der Waals surface area contributed by atoms with Crippen molar-refractivity contribution in [1.82, 2.24) is 25.3 Å². The Balaban J connectivity index is 0.000000615. The van der Waals surface area contributed by atoms with Gasteiger partial charge in [-0.25, -0.2) is 0 Å². The van der Waals surface area contributed by atoms with Gasteiger partial charge in [-0.1, -0.05) is 66.4 Å². The Morgan fingerprint density at radius 1 is 0.841 bits per heavy atom. The highest BCUT2D eigenvalue weighted by molar-refractivity contribution is 5.97. The van der Waals surface area contributed by atoms with Crippen molar-refractivity contribution in [3.63, 3.8) is 0 Å². The van der Waals surface area contributed by atoms with Crippen LogP contribution in [0.5, 0.6) is 0 Å². The van der Waals surface area contributed by atoms with Crippen LogP contribution in [-0.4, -0.2) is 96.2 Å². The largest absolute Gasteiger partial charge is 0.352 e. The third kappa shape index (κ3) is 14.6. The zero-order valence-electron chi connectivity index (χ0n) is 29.5. The molecule has 0 unspecified atom stereocenters. The van der Waals surface area contributed by atoms with E-state index in [4.69, 9.17) is 0 Å². The van der Waals surface area contributed by atoms with Gasteiger partial charge in [0, 0.05) is 31.2 Å². The summed E-state index contributed by atoms with van der Waals surface area (Å²) in [6, 6.07) is 0.277. The van der Waals surface area contributed by atoms with Gasteiger partial charge in [0.1, 0.15) is 6.04 Å². The van der Waals surface area contributed by atoms with Gasteiger partial charge in [-0.2, -0.15) is 0 Å². The molecule has 3 rings (SSSR count). The van der Waals surface area contributed by atoms with Crippen LogP contribution in [0.2, 0.25) is 0 Å². The van der Waals surface area contributed by atoms with Gasteiger partial charge in [-0.3, -0.25) is 19.2 Å². The Bertz CT molecular complexity index is 889. The number of carbonyl (C=O) groups is 4. The lowest BCUT2D eigenvalue weighted by Gasteiger charge is -2.31. The zero-order valence-corrected chi connectivity index (χ0v) is 29.5. The molecule has 2 saturated heterocycles. The van der Waals surface area contributed by atoms with Crippen LogP contribution in [0.4, 0.5) is 0 Å². The fourth-order valence-corrected chi connectivity index (χ4v) is 5.99. The lowest BCUT2D eigenvalue weighted by Crippen LogP contribution is -2.49. The number of nitrogens with zero attached hydrogens (tertiary/aromatic N) is 3. The van der Waals surface area contributed by atoms with Gasteiger partial charge in [0.05, 0.1) is 12.6 Å². The summed E-state index contributed by atoms with van der Waals surface area (Å²) < 4.78 is 0. The second-order valence-corrected chi connectivity index (χ2v) is 14.0. The van der Waals surface area contributed by atoms with Crippen molar-refractivity contribution in [3.8, 4) is 0 Å². The molecule has 9 nitrogen and oxygen atoms in total. The lowest BCUT2D eigenvalue weighted by atomic mass is 9.95. The van der Waals surface area contributed by atoms with Crippen LogP contribution in [0.15, 0.2) is 11.6 Å². The van der Waals surface area contributed by atoms with Gasteiger partial charge in [0.25, 0.3) is 0 Å². The molecule has 2 aliphatic heterocycles. The molecule has 44 heavy (non-hydrogen) atoms. The first kappa shape index (κ1) is 39.6. The van der Waals surface area contributed by atoms with E-state index in [1.165, 1.54) is 38.8 Å². The Labute approximate surface area is 268 Å². The predicted octanol–water partition coefficient (Wildman–Crippen LogP) is 5.14. The molecule has 3 fully saturated rings. The average Bonchev–Trinajstić information content (AvgIpc) is 3.49. The van der Waals surface area contributed by atoms with Crippen molar-refractivity contribution in [2.24, 2.45) is 11.8 Å². The molecule has 3 aliphatic rings. The number of piperidine rings is 1. The molecule has 9 heteroatoms. The fraction of sp³-hybridized carbons (Fsp3) is 0.829. The van der Waals surface area contributed by atoms with Gasteiger partial charge < -0.3 is 25.3 Å². The van der Waals surface area contributed by atoms with Crippen LogP contribution in [0.25, 0.3) is 0 Å². The van der Waals surface area contributed by atoms with Crippen LogP contribution in [0.1, 0.15) is 120 Å². The summed E-state index contributed by atoms with van der Waals surface area (Å²) in [7, 11) is 1.67. The highest BCUT2D eigenvalue weighted by Crippen LogP contribution is 2.23. The first-order valence-electron chi connectivity index (χ1n) is 17.3. The van der Waals surface area contributed by atoms with Gasteiger partial charge in [0.2, 0.25) is 24.1 Å². The fourth-order valence-electron chi connectivity index (χ4n) is 5.99. The van der Waals surface area contributed by atoms with Crippen molar-refractivity contribution in [3.05, 3.63) is 11.6 Å². The highest BCUT2D eigenvalue weighted by atomic mass is 16.2. The molecule has 2 heterocycles. The lowest BCUT2D eigenvalue weighted by molar-refractivity contribution is -0.136. The molecule has 1 aliphatic carbocycles. The van der Waals surface area contributed by atoms with Crippen molar-refractivity contribution < 1.29 is 19.2 Å². The number of likely N-dealkylation sites (tertiary alicyclic amines) is 2. The molecular formula is C35H65N5O4. The number of hydrogen-bond acceptors (Lipinski definition) is 5. The minimum atomic E-state index is -0.425. The molecule has 2 atom stereocenters. The van der Waals surface area contributed by atoms with Crippen LogP contribution in [-0.2, 0) is 19.2 Å². The third-order valence-corrected chi connectivity index (χ3v) is 8.51. The molecule has 0 bridgehead atoms. The van der Waals surface area contributed by atoms with Crippen LogP contribution in [0.3, 0.4) is 0 Å². The minimum Gasteiger partial charge on any atom is -0.352 e. The maximum Gasteiger partial charge on any atom is 0.249 e. The summed E-state index contributed by atoms with van der Waals surface area (Å²) in [5.41, 5.74) is 0.527. The van der Waals surface area contributed by atoms with Crippen molar-refractivity contribution in [1.29, 1.82) is 0 Å². The Kier molecular flexibility index (Phi) is 19.2. The second-order valence-electron chi connectivity index (χ2n) is 14.0. The van der Waals surface area contributed by atoms with E-state index in [9.17, 15) is 19.2 Å². The third-order valence-electron chi connectivity index (χ3n) is 8.51. The number of likely N-dealkylation sites (N-methyl/N-ethyl adjacent to an activating group) is 1. The van der Waals surface area contributed by atoms with Crippen molar-refractivity contribution in [2.45, 2.75) is 144 Å². The predicted molar refractivity (Wildman–Crippen MR) is 180 cm³/mol. The average molecular weight is 620 g/mol. The molecule has 0 aromatic carbocycles. The van der Waals surface area contributed by atoms with E-state index in [1.54, 1.807) is 29.8 Å². The molecule has 4 amide bonds.